The molecule has 2 N–H and O–H groups in total. The second-order valence-electron chi connectivity index (χ2n) is 5.36. The van der Waals surface area contributed by atoms with Crippen molar-refractivity contribution in [2.45, 2.75) is 32.9 Å². The molecule has 0 aliphatic heterocycles. The summed E-state index contributed by atoms with van der Waals surface area (Å²) in [5.41, 5.74) is 3.11. The molecule has 0 fully saturated rings. The molecule has 0 aliphatic rings. The first-order valence-corrected chi connectivity index (χ1v) is 7.08. The SMILES string of the molecule is CC(=O)Nc1cccc(C(C)NC(C)c2cnn(C)c2)c1. The maximum atomic E-state index is 11.1. The van der Waals surface area contributed by atoms with Crippen molar-refractivity contribution in [1.29, 1.82) is 0 Å². The molecule has 2 atom stereocenters. The average Bonchev–Trinajstić information content (AvgIpc) is 2.85. The average molecular weight is 286 g/mol. The summed E-state index contributed by atoms with van der Waals surface area (Å²) < 4.78 is 1.80. The van der Waals surface area contributed by atoms with Crippen molar-refractivity contribution in [3.63, 3.8) is 0 Å². The zero-order chi connectivity index (χ0) is 15.4. The number of amides is 1. The number of aryl methyl sites for hydroxylation is 1. The molecule has 1 aromatic carbocycles. The summed E-state index contributed by atoms with van der Waals surface area (Å²) in [7, 11) is 1.91. The fourth-order valence-corrected chi connectivity index (χ4v) is 2.32. The van der Waals surface area contributed by atoms with Gasteiger partial charge in [-0.1, -0.05) is 12.1 Å². The lowest BCUT2D eigenvalue weighted by Crippen LogP contribution is -2.22. The second kappa shape index (κ2) is 6.54. The molecule has 0 aliphatic carbocycles. The van der Waals surface area contributed by atoms with Crippen molar-refractivity contribution in [1.82, 2.24) is 15.1 Å². The molecular formula is C16H22N4O. The van der Waals surface area contributed by atoms with E-state index in [9.17, 15) is 4.79 Å². The van der Waals surface area contributed by atoms with Crippen LogP contribution >= 0.6 is 0 Å². The van der Waals surface area contributed by atoms with E-state index in [-0.39, 0.29) is 18.0 Å². The van der Waals surface area contributed by atoms with Crippen LogP contribution in [0, 0.1) is 0 Å². The summed E-state index contributed by atoms with van der Waals surface area (Å²) in [6, 6.07) is 8.27. The molecule has 2 unspecified atom stereocenters. The molecule has 5 heteroatoms. The lowest BCUT2D eigenvalue weighted by Gasteiger charge is -2.20. The quantitative estimate of drug-likeness (QED) is 0.888. The predicted octanol–water partition coefficient (Wildman–Crippen LogP) is 2.79. The Bertz CT molecular complexity index is 620. The fourth-order valence-electron chi connectivity index (χ4n) is 2.32. The highest BCUT2D eigenvalue weighted by Crippen LogP contribution is 2.21. The van der Waals surface area contributed by atoms with Gasteiger partial charge in [0, 0.05) is 43.5 Å². The van der Waals surface area contributed by atoms with Crippen molar-refractivity contribution in [3.8, 4) is 0 Å². The van der Waals surface area contributed by atoms with E-state index in [2.05, 4.69) is 35.6 Å². The van der Waals surface area contributed by atoms with E-state index >= 15 is 0 Å². The third-order valence-electron chi connectivity index (χ3n) is 3.43. The minimum atomic E-state index is -0.0588. The van der Waals surface area contributed by atoms with E-state index in [1.165, 1.54) is 6.92 Å². The van der Waals surface area contributed by atoms with Gasteiger partial charge in [-0.15, -0.1) is 0 Å². The van der Waals surface area contributed by atoms with Crippen LogP contribution in [0.3, 0.4) is 0 Å². The zero-order valence-electron chi connectivity index (χ0n) is 12.9. The number of nitrogens with zero attached hydrogens (tertiary/aromatic N) is 2. The molecule has 0 radical (unpaired) electrons. The lowest BCUT2D eigenvalue weighted by molar-refractivity contribution is -0.114. The highest BCUT2D eigenvalue weighted by molar-refractivity contribution is 5.88. The molecule has 0 spiro atoms. The Balaban J connectivity index is 2.05. The third-order valence-corrected chi connectivity index (χ3v) is 3.43. The standard InChI is InChI=1S/C16H22N4O/c1-11(18-12(2)15-9-17-20(4)10-15)14-6-5-7-16(8-14)19-13(3)21/h5-12,18H,1-4H3,(H,19,21). The number of carbonyl (C=O) groups excluding carboxylic acids is 1. The highest BCUT2D eigenvalue weighted by Gasteiger charge is 2.12. The van der Waals surface area contributed by atoms with Crippen LogP contribution < -0.4 is 10.6 Å². The zero-order valence-corrected chi connectivity index (χ0v) is 12.9. The van der Waals surface area contributed by atoms with Crippen molar-refractivity contribution < 1.29 is 4.79 Å². The number of nitrogens with one attached hydrogen (secondary N) is 2. The molecule has 1 amide bonds. The summed E-state index contributed by atoms with van der Waals surface area (Å²) in [4.78, 5) is 11.1. The number of benzene rings is 1. The molecule has 1 aromatic heterocycles. The summed E-state index contributed by atoms with van der Waals surface area (Å²) in [5, 5.41) is 10.5. The molecule has 2 rings (SSSR count). The molecule has 0 saturated carbocycles. The van der Waals surface area contributed by atoms with Crippen molar-refractivity contribution in [2.75, 3.05) is 5.32 Å². The van der Waals surface area contributed by atoms with Crippen LogP contribution in [-0.4, -0.2) is 15.7 Å². The van der Waals surface area contributed by atoms with E-state index in [4.69, 9.17) is 0 Å². The molecular weight excluding hydrogens is 264 g/mol. The molecule has 5 nitrogen and oxygen atoms in total. The lowest BCUT2D eigenvalue weighted by atomic mass is 10.1. The summed E-state index contributed by atoms with van der Waals surface area (Å²) >= 11 is 0. The van der Waals surface area contributed by atoms with Crippen LogP contribution in [0.1, 0.15) is 44.0 Å². The largest absolute Gasteiger partial charge is 0.326 e. The normalized spacial score (nSPS) is 13.7. The summed E-state index contributed by atoms with van der Waals surface area (Å²) in [5.74, 6) is -0.0588. The Morgan fingerprint density at radius 3 is 2.57 bits per heavy atom. The number of anilines is 1. The van der Waals surface area contributed by atoms with Crippen LogP contribution in [0.15, 0.2) is 36.7 Å². The molecule has 0 bridgehead atoms. The monoisotopic (exact) mass is 286 g/mol. The molecule has 2 aromatic rings. The van der Waals surface area contributed by atoms with Crippen LogP contribution in [0.4, 0.5) is 5.69 Å². The van der Waals surface area contributed by atoms with E-state index < -0.39 is 0 Å². The summed E-state index contributed by atoms with van der Waals surface area (Å²) in [6.07, 6.45) is 3.89. The molecule has 0 saturated heterocycles. The van der Waals surface area contributed by atoms with Crippen LogP contribution in [0.2, 0.25) is 0 Å². The van der Waals surface area contributed by atoms with E-state index in [0.717, 1.165) is 16.8 Å². The number of aromatic nitrogens is 2. The molecule has 1 heterocycles. The maximum absolute atomic E-state index is 11.1. The van der Waals surface area contributed by atoms with Gasteiger partial charge in [0.25, 0.3) is 0 Å². The number of rotatable bonds is 5. The van der Waals surface area contributed by atoms with E-state index in [1.807, 2.05) is 37.6 Å². The maximum Gasteiger partial charge on any atom is 0.221 e. The van der Waals surface area contributed by atoms with Gasteiger partial charge in [0.1, 0.15) is 0 Å². The highest BCUT2D eigenvalue weighted by atomic mass is 16.1. The van der Waals surface area contributed by atoms with Gasteiger partial charge in [-0.25, -0.2) is 0 Å². The Morgan fingerprint density at radius 1 is 1.24 bits per heavy atom. The Hall–Kier alpha value is -2.14. The van der Waals surface area contributed by atoms with Crippen LogP contribution in [0.5, 0.6) is 0 Å². The Labute approximate surface area is 125 Å². The number of carbonyl (C=O) groups is 1. The topological polar surface area (TPSA) is 59.0 Å². The Morgan fingerprint density at radius 2 is 1.95 bits per heavy atom. The first-order chi connectivity index (χ1) is 9.95. The van der Waals surface area contributed by atoms with Gasteiger partial charge < -0.3 is 10.6 Å². The third kappa shape index (κ3) is 4.16. The van der Waals surface area contributed by atoms with Gasteiger partial charge >= 0.3 is 0 Å². The predicted molar refractivity (Wildman–Crippen MR) is 83.9 cm³/mol. The van der Waals surface area contributed by atoms with Crippen molar-refractivity contribution in [3.05, 3.63) is 47.8 Å². The van der Waals surface area contributed by atoms with Gasteiger partial charge in [-0.2, -0.15) is 5.10 Å². The number of hydrogen-bond acceptors (Lipinski definition) is 3. The minimum Gasteiger partial charge on any atom is -0.326 e. The number of hydrogen-bond donors (Lipinski definition) is 2. The first kappa shape index (κ1) is 15.3. The van der Waals surface area contributed by atoms with Crippen molar-refractivity contribution >= 4 is 11.6 Å². The molecule has 21 heavy (non-hydrogen) atoms. The van der Waals surface area contributed by atoms with Crippen molar-refractivity contribution in [2.24, 2.45) is 7.05 Å². The second-order valence-corrected chi connectivity index (χ2v) is 5.36. The smallest absolute Gasteiger partial charge is 0.221 e. The minimum absolute atomic E-state index is 0.0588. The van der Waals surface area contributed by atoms with Crippen LogP contribution in [0.25, 0.3) is 0 Å². The van der Waals surface area contributed by atoms with Gasteiger partial charge in [0.05, 0.1) is 6.20 Å². The fraction of sp³-hybridized carbons (Fsp3) is 0.375. The molecule has 112 valence electrons. The van der Waals surface area contributed by atoms with E-state index in [0.29, 0.717) is 0 Å². The Kier molecular flexibility index (Phi) is 4.75. The first-order valence-electron chi connectivity index (χ1n) is 7.08. The van der Waals surface area contributed by atoms with E-state index in [1.54, 1.807) is 4.68 Å². The van der Waals surface area contributed by atoms with Crippen LogP contribution in [-0.2, 0) is 11.8 Å². The van der Waals surface area contributed by atoms with Gasteiger partial charge in [-0.05, 0) is 31.5 Å². The van der Waals surface area contributed by atoms with Gasteiger partial charge in [-0.3, -0.25) is 9.48 Å². The summed E-state index contributed by atoms with van der Waals surface area (Å²) in [6.45, 7) is 5.74. The van der Waals surface area contributed by atoms with Gasteiger partial charge in [0.15, 0.2) is 0 Å². The van der Waals surface area contributed by atoms with Gasteiger partial charge in [0.2, 0.25) is 5.91 Å².